The summed E-state index contributed by atoms with van der Waals surface area (Å²) in [4.78, 5) is 12.4. The smallest absolute Gasteiger partial charge is 0.277 e. The summed E-state index contributed by atoms with van der Waals surface area (Å²) >= 11 is 0. The minimum Gasteiger partial charge on any atom is -0.461 e. The monoisotopic (exact) mass is 360 g/mol. The van der Waals surface area contributed by atoms with Gasteiger partial charge in [0.2, 0.25) is 5.76 Å². The van der Waals surface area contributed by atoms with Crippen molar-refractivity contribution >= 4 is 11.6 Å². The maximum Gasteiger partial charge on any atom is 0.277 e. The average molecular weight is 360 g/mol. The van der Waals surface area contributed by atoms with Crippen LogP contribution in [0.4, 0.5) is 5.69 Å². The van der Waals surface area contributed by atoms with Gasteiger partial charge in [-0.2, -0.15) is 5.10 Å². The highest BCUT2D eigenvalue weighted by Gasteiger charge is 2.24. The van der Waals surface area contributed by atoms with Gasteiger partial charge in [0, 0.05) is 12.3 Å². The van der Waals surface area contributed by atoms with Crippen LogP contribution in [0.2, 0.25) is 0 Å². The van der Waals surface area contributed by atoms with Crippen LogP contribution in [-0.4, -0.2) is 20.8 Å². The zero-order valence-electron chi connectivity index (χ0n) is 14.3. The van der Waals surface area contributed by atoms with Crippen molar-refractivity contribution in [3.63, 3.8) is 0 Å². The van der Waals surface area contributed by atoms with E-state index < -0.39 is 0 Å². The summed E-state index contributed by atoms with van der Waals surface area (Å²) < 4.78 is 12.3. The number of anilines is 1. The largest absolute Gasteiger partial charge is 0.461 e. The molecule has 0 saturated heterocycles. The molecule has 1 aliphatic carbocycles. The van der Waals surface area contributed by atoms with Gasteiger partial charge in [0.1, 0.15) is 0 Å². The third-order valence-electron chi connectivity index (χ3n) is 4.79. The van der Waals surface area contributed by atoms with Crippen LogP contribution < -0.4 is 5.32 Å². The maximum atomic E-state index is 12.4. The van der Waals surface area contributed by atoms with Crippen molar-refractivity contribution in [2.75, 3.05) is 5.32 Å². The summed E-state index contributed by atoms with van der Waals surface area (Å²) in [5, 5.41) is 11.1. The highest BCUT2D eigenvalue weighted by atomic mass is 16.5. The lowest BCUT2D eigenvalue weighted by Crippen LogP contribution is -2.12. The minimum absolute atomic E-state index is 0.181. The van der Waals surface area contributed by atoms with Crippen LogP contribution in [0.3, 0.4) is 0 Å². The molecule has 1 aliphatic rings. The summed E-state index contributed by atoms with van der Waals surface area (Å²) in [5.41, 5.74) is 3.45. The number of hydrogen-bond donors (Lipinski definition) is 1. The van der Waals surface area contributed by atoms with Gasteiger partial charge in [-0.25, -0.2) is 0 Å². The molecule has 4 aromatic rings. The number of fused-ring (bicyclic) bond motifs is 1. The van der Waals surface area contributed by atoms with Crippen molar-refractivity contribution in [2.24, 2.45) is 0 Å². The predicted octanol–water partition coefficient (Wildman–Crippen LogP) is 3.92. The number of nitrogens with one attached hydrogen (secondary N) is 1. The molecule has 0 radical (unpaired) electrons. The summed E-state index contributed by atoms with van der Waals surface area (Å²) in [6.07, 6.45) is 7.07. The molecule has 0 aliphatic heterocycles. The van der Waals surface area contributed by atoms with Gasteiger partial charge in [-0.15, -0.1) is 0 Å². The first kappa shape index (κ1) is 15.6. The molecular weight excluding hydrogens is 344 g/mol. The Labute approximate surface area is 154 Å². The Hall–Kier alpha value is -3.61. The van der Waals surface area contributed by atoms with Crippen LogP contribution in [0, 0.1) is 0 Å². The standard InChI is InChI=1S/C20H16N4O3/c25-20(16-10-19(27-23-16)18-6-3-9-26-18)22-14-11-21-24(12-14)17-8-7-13-4-1-2-5-15(13)17/h1-6,9-12,17H,7-8H2,(H,22,25)/t17-/m0/s1. The Morgan fingerprint density at radius 1 is 1.19 bits per heavy atom. The second-order valence-corrected chi connectivity index (χ2v) is 6.47. The van der Waals surface area contributed by atoms with Gasteiger partial charge in [-0.05, 0) is 36.1 Å². The maximum absolute atomic E-state index is 12.4. The molecule has 1 N–H and O–H groups in total. The topological polar surface area (TPSA) is 86.1 Å². The minimum atomic E-state index is -0.358. The Balaban J connectivity index is 1.32. The third-order valence-corrected chi connectivity index (χ3v) is 4.79. The van der Waals surface area contributed by atoms with Crippen molar-refractivity contribution in [3.05, 3.63) is 77.9 Å². The Bertz CT molecular complexity index is 1090. The molecule has 27 heavy (non-hydrogen) atoms. The van der Waals surface area contributed by atoms with Gasteiger partial charge < -0.3 is 14.3 Å². The number of carbonyl (C=O) groups is 1. The second kappa shape index (κ2) is 6.28. The van der Waals surface area contributed by atoms with E-state index in [1.807, 2.05) is 16.9 Å². The van der Waals surface area contributed by atoms with Crippen molar-refractivity contribution in [3.8, 4) is 11.5 Å². The predicted molar refractivity (Wildman–Crippen MR) is 97.3 cm³/mol. The van der Waals surface area contributed by atoms with E-state index >= 15 is 0 Å². The molecule has 0 saturated carbocycles. The van der Waals surface area contributed by atoms with E-state index in [0.29, 0.717) is 17.2 Å². The quantitative estimate of drug-likeness (QED) is 0.596. The van der Waals surface area contributed by atoms with Crippen LogP contribution >= 0.6 is 0 Å². The molecule has 134 valence electrons. The summed E-state index contributed by atoms with van der Waals surface area (Å²) in [6, 6.07) is 13.6. The number of nitrogens with zero attached hydrogens (tertiary/aromatic N) is 3. The molecule has 0 fully saturated rings. The van der Waals surface area contributed by atoms with Crippen molar-refractivity contribution in [2.45, 2.75) is 18.9 Å². The Morgan fingerprint density at radius 2 is 2.11 bits per heavy atom. The molecule has 3 aromatic heterocycles. The van der Waals surface area contributed by atoms with Crippen LogP contribution in [0.1, 0.15) is 34.1 Å². The molecule has 1 aromatic carbocycles. The van der Waals surface area contributed by atoms with Crippen LogP contribution in [-0.2, 0) is 6.42 Å². The highest BCUT2D eigenvalue weighted by molar-refractivity contribution is 6.03. The summed E-state index contributed by atoms with van der Waals surface area (Å²) in [5.74, 6) is 0.570. The molecule has 7 nitrogen and oxygen atoms in total. The molecular formula is C20H16N4O3. The normalized spacial score (nSPS) is 15.6. The first-order valence-corrected chi connectivity index (χ1v) is 8.72. The number of aromatic nitrogens is 3. The summed E-state index contributed by atoms with van der Waals surface area (Å²) in [6.45, 7) is 0. The van der Waals surface area contributed by atoms with Crippen LogP contribution in [0.15, 0.2) is 70.1 Å². The SMILES string of the molecule is O=C(Nc1cnn([C@H]2CCc3ccccc32)c1)c1cc(-c2ccco2)on1. The molecule has 1 amide bonds. The number of aryl methyl sites for hydroxylation is 1. The van der Waals surface area contributed by atoms with Crippen molar-refractivity contribution in [1.29, 1.82) is 0 Å². The molecule has 0 bridgehead atoms. The third kappa shape index (κ3) is 2.83. The number of rotatable bonds is 4. The Kier molecular flexibility index (Phi) is 3.64. The number of carbonyl (C=O) groups excluding carboxylic acids is 1. The lowest BCUT2D eigenvalue weighted by molar-refractivity contribution is 0.101. The molecule has 0 unspecified atom stereocenters. The number of hydrogen-bond acceptors (Lipinski definition) is 5. The molecule has 5 rings (SSSR count). The van der Waals surface area contributed by atoms with Gasteiger partial charge in [0.25, 0.3) is 5.91 Å². The molecule has 1 atom stereocenters. The first-order chi connectivity index (χ1) is 13.3. The van der Waals surface area contributed by atoms with Gasteiger partial charge in [0.15, 0.2) is 11.5 Å². The van der Waals surface area contributed by atoms with Crippen LogP contribution in [0.5, 0.6) is 0 Å². The number of amides is 1. The van der Waals surface area contributed by atoms with E-state index in [-0.39, 0.29) is 17.6 Å². The molecule has 0 spiro atoms. The van der Waals surface area contributed by atoms with E-state index in [0.717, 1.165) is 12.8 Å². The highest BCUT2D eigenvalue weighted by Crippen LogP contribution is 2.34. The van der Waals surface area contributed by atoms with Crippen molar-refractivity contribution in [1.82, 2.24) is 14.9 Å². The van der Waals surface area contributed by atoms with E-state index in [9.17, 15) is 4.79 Å². The van der Waals surface area contributed by atoms with Gasteiger partial charge in [0.05, 0.1) is 24.2 Å². The average Bonchev–Trinajstić information content (AvgIpc) is 3.46. The van der Waals surface area contributed by atoms with Crippen molar-refractivity contribution < 1.29 is 13.7 Å². The van der Waals surface area contributed by atoms with Gasteiger partial charge >= 0.3 is 0 Å². The fourth-order valence-electron chi connectivity index (χ4n) is 3.49. The van der Waals surface area contributed by atoms with Gasteiger partial charge in [-0.3, -0.25) is 9.48 Å². The fraction of sp³-hybridized carbons (Fsp3) is 0.150. The van der Waals surface area contributed by atoms with E-state index in [2.05, 4.69) is 33.8 Å². The van der Waals surface area contributed by atoms with Gasteiger partial charge in [-0.1, -0.05) is 29.4 Å². The first-order valence-electron chi connectivity index (χ1n) is 8.72. The summed E-state index contributed by atoms with van der Waals surface area (Å²) in [7, 11) is 0. The van der Waals surface area contributed by atoms with E-state index in [1.54, 1.807) is 24.4 Å². The lowest BCUT2D eigenvalue weighted by atomic mass is 10.1. The zero-order valence-corrected chi connectivity index (χ0v) is 14.3. The lowest BCUT2D eigenvalue weighted by Gasteiger charge is -2.11. The number of furan rings is 1. The number of benzene rings is 1. The van der Waals surface area contributed by atoms with E-state index in [4.69, 9.17) is 8.94 Å². The fourth-order valence-corrected chi connectivity index (χ4v) is 3.49. The molecule has 3 heterocycles. The van der Waals surface area contributed by atoms with Crippen LogP contribution in [0.25, 0.3) is 11.5 Å². The second-order valence-electron chi connectivity index (χ2n) is 6.47. The zero-order chi connectivity index (χ0) is 18.2. The van der Waals surface area contributed by atoms with E-state index in [1.165, 1.54) is 17.4 Å². The Morgan fingerprint density at radius 3 is 3.00 bits per heavy atom. The molecule has 7 heteroatoms.